The number of fused-ring (bicyclic) bond motifs is 2. The second-order valence-corrected chi connectivity index (χ2v) is 7.72. The van der Waals surface area contributed by atoms with E-state index in [1.54, 1.807) is 12.5 Å². The summed E-state index contributed by atoms with van der Waals surface area (Å²) in [6.07, 6.45) is 8.93. The Morgan fingerprint density at radius 1 is 1.28 bits per heavy atom. The van der Waals surface area contributed by atoms with Crippen LogP contribution in [0.1, 0.15) is 41.8 Å². The molecule has 8 heteroatoms. The number of nitrogens with one attached hydrogen (secondary N) is 1. The Morgan fingerprint density at radius 2 is 2.00 bits per heavy atom. The molecule has 1 amide bonds. The van der Waals surface area contributed by atoms with Gasteiger partial charge in [-0.05, 0) is 49.7 Å². The second kappa shape index (κ2) is 8.54. The van der Waals surface area contributed by atoms with E-state index in [1.165, 1.54) is 30.6 Å². The van der Waals surface area contributed by atoms with Gasteiger partial charge in [0.05, 0.1) is 12.5 Å². The van der Waals surface area contributed by atoms with Gasteiger partial charge in [0.1, 0.15) is 4.88 Å². The minimum Gasteiger partial charge on any atom is -0.462 e. The summed E-state index contributed by atoms with van der Waals surface area (Å²) in [5.41, 5.74) is 6.16. The van der Waals surface area contributed by atoms with E-state index < -0.39 is 0 Å². The zero-order chi connectivity index (χ0) is 15.8. The molecule has 2 aromatic rings. The van der Waals surface area contributed by atoms with Gasteiger partial charge < -0.3 is 15.5 Å². The molecule has 138 valence electrons. The van der Waals surface area contributed by atoms with Gasteiger partial charge >= 0.3 is 0 Å². The number of furan rings is 1. The van der Waals surface area contributed by atoms with Crippen LogP contribution in [0, 0.1) is 11.8 Å². The number of rotatable bonds is 3. The van der Waals surface area contributed by atoms with Crippen molar-refractivity contribution in [3.8, 4) is 10.8 Å². The topological polar surface area (TPSA) is 81.1 Å². The summed E-state index contributed by atoms with van der Waals surface area (Å²) < 4.78 is 5.34. The van der Waals surface area contributed by atoms with Gasteiger partial charge in [-0.1, -0.05) is 6.42 Å². The van der Waals surface area contributed by atoms with Crippen LogP contribution in [0.15, 0.2) is 29.0 Å². The van der Waals surface area contributed by atoms with Crippen molar-refractivity contribution in [1.82, 2.24) is 10.3 Å². The van der Waals surface area contributed by atoms with E-state index in [2.05, 4.69) is 10.3 Å². The first-order chi connectivity index (χ1) is 11.2. The Morgan fingerprint density at radius 3 is 2.64 bits per heavy atom. The van der Waals surface area contributed by atoms with Crippen LogP contribution in [-0.4, -0.2) is 23.0 Å². The summed E-state index contributed by atoms with van der Waals surface area (Å²) in [6.45, 7) is 0. The number of halogens is 2. The lowest BCUT2D eigenvalue weighted by Gasteiger charge is -2.45. The molecule has 2 unspecified atom stereocenters. The van der Waals surface area contributed by atoms with E-state index in [4.69, 9.17) is 10.2 Å². The first-order valence-corrected chi connectivity index (χ1v) is 9.08. The molecule has 0 radical (unpaired) electrons. The molecule has 0 saturated heterocycles. The van der Waals surface area contributed by atoms with Crippen LogP contribution in [0.4, 0.5) is 0 Å². The van der Waals surface area contributed by atoms with Crippen molar-refractivity contribution < 1.29 is 9.21 Å². The fraction of sp³-hybridized carbons (Fsp3) is 0.529. The highest BCUT2D eigenvalue weighted by Crippen LogP contribution is 2.40. The smallest absolute Gasteiger partial charge is 0.263 e. The molecule has 0 aromatic carbocycles. The number of carbonyl (C=O) groups is 1. The van der Waals surface area contributed by atoms with Crippen molar-refractivity contribution in [3.05, 3.63) is 29.5 Å². The largest absolute Gasteiger partial charge is 0.462 e. The quantitative estimate of drug-likeness (QED) is 0.814. The normalized spacial score (nSPS) is 27.7. The highest BCUT2D eigenvalue weighted by molar-refractivity contribution is 7.16. The standard InChI is InChI=1S/C17H21N3O2S.2ClH/c18-12-7-10-3-1-4-11(8-12)15(10)20-16(21)14-9-19-17(23-14)13-5-2-6-22-13;;/h2,5-6,9-12,15H,1,3-4,7-8,18H2,(H,20,21);2*1H. The Balaban J connectivity index is 0.00000113. The van der Waals surface area contributed by atoms with E-state index in [9.17, 15) is 4.79 Å². The maximum absolute atomic E-state index is 12.6. The number of aromatic nitrogens is 1. The first kappa shape index (κ1) is 20.2. The molecular weight excluding hydrogens is 381 g/mol. The SMILES string of the molecule is Cl.Cl.NC1CC2CCCC(C1)C2NC(=O)c1cnc(-c2ccco2)s1. The van der Waals surface area contributed by atoms with Crippen LogP contribution in [0.2, 0.25) is 0 Å². The molecule has 0 aliphatic heterocycles. The Kier molecular flexibility index (Phi) is 6.91. The monoisotopic (exact) mass is 403 g/mol. The summed E-state index contributed by atoms with van der Waals surface area (Å²) >= 11 is 1.37. The summed E-state index contributed by atoms with van der Waals surface area (Å²) in [5, 5.41) is 4.00. The van der Waals surface area contributed by atoms with E-state index in [-0.39, 0.29) is 36.8 Å². The molecule has 2 saturated carbocycles. The van der Waals surface area contributed by atoms with Crippen molar-refractivity contribution >= 4 is 42.1 Å². The predicted octanol–water partition coefficient (Wildman–Crippen LogP) is 3.88. The summed E-state index contributed by atoms with van der Waals surface area (Å²) in [4.78, 5) is 17.5. The van der Waals surface area contributed by atoms with Gasteiger partial charge in [-0.2, -0.15) is 0 Å². The van der Waals surface area contributed by atoms with E-state index in [1.807, 2.05) is 12.1 Å². The average molecular weight is 404 g/mol. The molecule has 4 rings (SSSR count). The second-order valence-electron chi connectivity index (χ2n) is 6.69. The van der Waals surface area contributed by atoms with Gasteiger partial charge in [0, 0.05) is 12.1 Å². The lowest BCUT2D eigenvalue weighted by Crippen LogP contribution is -2.53. The molecule has 2 atom stereocenters. The molecule has 2 aliphatic carbocycles. The number of nitrogens with two attached hydrogens (primary N) is 1. The molecule has 3 N–H and O–H groups in total. The Bertz CT molecular complexity index is 678. The van der Waals surface area contributed by atoms with Gasteiger partial charge in [-0.25, -0.2) is 4.98 Å². The fourth-order valence-corrected chi connectivity index (χ4v) is 4.93. The van der Waals surface area contributed by atoms with Crippen LogP contribution in [0.25, 0.3) is 10.8 Å². The molecule has 2 heterocycles. The van der Waals surface area contributed by atoms with Crippen molar-refractivity contribution in [2.45, 2.75) is 44.2 Å². The number of nitrogens with zero attached hydrogens (tertiary/aromatic N) is 1. The maximum Gasteiger partial charge on any atom is 0.263 e. The van der Waals surface area contributed by atoms with Crippen molar-refractivity contribution in [2.24, 2.45) is 17.6 Å². The molecular formula is C17H23Cl2N3O2S. The van der Waals surface area contributed by atoms with E-state index in [0.717, 1.165) is 17.8 Å². The lowest BCUT2D eigenvalue weighted by atomic mass is 9.67. The highest BCUT2D eigenvalue weighted by atomic mass is 35.5. The van der Waals surface area contributed by atoms with Gasteiger partial charge in [-0.15, -0.1) is 36.2 Å². The van der Waals surface area contributed by atoms with E-state index in [0.29, 0.717) is 28.5 Å². The zero-order valence-corrected chi connectivity index (χ0v) is 16.2. The summed E-state index contributed by atoms with van der Waals surface area (Å²) in [6, 6.07) is 4.24. The number of thiazole rings is 1. The summed E-state index contributed by atoms with van der Waals surface area (Å²) in [5.74, 6) is 1.74. The van der Waals surface area contributed by atoms with Gasteiger partial charge in [0.25, 0.3) is 5.91 Å². The van der Waals surface area contributed by atoms with Crippen LogP contribution >= 0.6 is 36.2 Å². The predicted molar refractivity (Wildman–Crippen MR) is 104 cm³/mol. The number of hydrogen-bond donors (Lipinski definition) is 2. The van der Waals surface area contributed by atoms with Crippen LogP contribution in [0.5, 0.6) is 0 Å². The third-order valence-electron chi connectivity index (χ3n) is 5.14. The molecule has 5 nitrogen and oxygen atoms in total. The average Bonchev–Trinajstić information content (AvgIpc) is 3.19. The minimum atomic E-state index is -0.0160. The third-order valence-corrected chi connectivity index (χ3v) is 6.15. The third kappa shape index (κ3) is 4.19. The zero-order valence-electron chi connectivity index (χ0n) is 13.7. The molecule has 0 spiro atoms. The highest BCUT2D eigenvalue weighted by Gasteiger charge is 2.40. The molecule has 2 aliphatic rings. The van der Waals surface area contributed by atoms with E-state index >= 15 is 0 Å². The Labute approximate surface area is 163 Å². The van der Waals surface area contributed by atoms with Crippen molar-refractivity contribution in [3.63, 3.8) is 0 Å². The number of carbonyl (C=O) groups excluding carboxylic acids is 1. The molecule has 2 aromatic heterocycles. The van der Waals surface area contributed by atoms with Crippen LogP contribution in [0.3, 0.4) is 0 Å². The number of hydrogen-bond acceptors (Lipinski definition) is 5. The molecule has 2 fully saturated rings. The van der Waals surface area contributed by atoms with Gasteiger partial charge in [-0.3, -0.25) is 4.79 Å². The summed E-state index contributed by atoms with van der Waals surface area (Å²) in [7, 11) is 0. The van der Waals surface area contributed by atoms with Gasteiger partial charge in [0.15, 0.2) is 10.8 Å². The minimum absolute atomic E-state index is 0. The lowest BCUT2D eigenvalue weighted by molar-refractivity contribution is 0.0759. The molecule has 25 heavy (non-hydrogen) atoms. The molecule has 2 bridgehead atoms. The van der Waals surface area contributed by atoms with Gasteiger partial charge in [0.2, 0.25) is 0 Å². The maximum atomic E-state index is 12.6. The fourth-order valence-electron chi connectivity index (χ4n) is 4.14. The first-order valence-electron chi connectivity index (χ1n) is 8.27. The van der Waals surface area contributed by atoms with Crippen molar-refractivity contribution in [2.75, 3.05) is 0 Å². The van der Waals surface area contributed by atoms with Crippen LogP contribution in [-0.2, 0) is 0 Å². The van der Waals surface area contributed by atoms with Crippen LogP contribution < -0.4 is 11.1 Å². The number of amides is 1. The van der Waals surface area contributed by atoms with Crippen molar-refractivity contribution in [1.29, 1.82) is 0 Å². The Hall–Kier alpha value is -1.08.